The predicted molar refractivity (Wildman–Crippen MR) is 101 cm³/mol. The Hall–Kier alpha value is -1.59. The molecule has 1 aliphatic carbocycles. The molecule has 0 bridgehead atoms. The van der Waals surface area contributed by atoms with Crippen molar-refractivity contribution in [2.45, 2.75) is 63.6 Å². The van der Waals surface area contributed by atoms with Gasteiger partial charge < -0.3 is 19.5 Å². The van der Waals surface area contributed by atoms with E-state index in [2.05, 4.69) is 5.32 Å². The fraction of sp³-hybridized carbons (Fsp3) is 0.667. The number of carbonyl (C=O) groups excluding carboxylic acids is 1. The minimum Gasteiger partial charge on any atom is -0.491 e. The van der Waals surface area contributed by atoms with Crippen LogP contribution >= 0.6 is 0 Å². The Bertz CT molecular complexity index is 533. The van der Waals surface area contributed by atoms with Crippen LogP contribution in [0, 0.1) is 0 Å². The smallest absolute Gasteiger partial charge is 0.251 e. The van der Waals surface area contributed by atoms with Crippen LogP contribution in [0.15, 0.2) is 24.3 Å². The maximum Gasteiger partial charge on any atom is 0.251 e. The monoisotopic (exact) mass is 361 g/mol. The van der Waals surface area contributed by atoms with Crippen molar-refractivity contribution in [3.63, 3.8) is 0 Å². The molecular formula is C21H31NO4. The number of hydrogen-bond acceptors (Lipinski definition) is 4. The van der Waals surface area contributed by atoms with Gasteiger partial charge in [-0.1, -0.05) is 19.3 Å². The molecule has 2 aliphatic rings. The number of carbonyl (C=O) groups is 1. The molecule has 1 saturated heterocycles. The van der Waals surface area contributed by atoms with E-state index in [9.17, 15) is 4.79 Å². The number of benzene rings is 1. The summed E-state index contributed by atoms with van der Waals surface area (Å²) in [6.07, 6.45) is 9.95. The highest BCUT2D eigenvalue weighted by molar-refractivity contribution is 5.94. The maximum absolute atomic E-state index is 12.2. The van der Waals surface area contributed by atoms with E-state index >= 15 is 0 Å². The van der Waals surface area contributed by atoms with E-state index in [-0.39, 0.29) is 12.0 Å². The van der Waals surface area contributed by atoms with Gasteiger partial charge in [0, 0.05) is 25.3 Å². The SMILES string of the molecule is O=C(NCCCOC1CCCCC1)c1ccc(OCC2CCCO2)cc1. The van der Waals surface area contributed by atoms with Gasteiger partial charge in [0.05, 0.1) is 12.2 Å². The molecule has 26 heavy (non-hydrogen) atoms. The van der Waals surface area contributed by atoms with Gasteiger partial charge in [0.2, 0.25) is 0 Å². The zero-order chi connectivity index (χ0) is 18.0. The summed E-state index contributed by atoms with van der Waals surface area (Å²) < 4.78 is 17.1. The molecule has 1 aromatic rings. The third-order valence-corrected chi connectivity index (χ3v) is 5.09. The zero-order valence-electron chi connectivity index (χ0n) is 15.6. The minimum absolute atomic E-state index is 0.0478. The van der Waals surface area contributed by atoms with E-state index in [1.54, 1.807) is 12.1 Å². The van der Waals surface area contributed by atoms with Crippen LogP contribution in [0.3, 0.4) is 0 Å². The number of ether oxygens (including phenoxy) is 3. The van der Waals surface area contributed by atoms with Crippen LogP contribution in [0.1, 0.15) is 61.7 Å². The fourth-order valence-corrected chi connectivity index (χ4v) is 3.53. The second-order valence-corrected chi connectivity index (χ2v) is 7.21. The first kappa shape index (κ1) is 19.2. The van der Waals surface area contributed by atoms with Crippen molar-refractivity contribution in [2.24, 2.45) is 0 Å². The third-order valence-electron chi connectivity index (χ3n) is 5.09. The van der Waals surface area contributed by atoms with Gasteiger partial charge in [-0.3, -0.25) is 4.79 Å². The van der Waals surface area contributed by atoms with Gasteiger partial charge in [0.25, 0.3) is 5.91 Å². The molecule has 1 amide bonds. The average molecular weight is 361 g/mol. The van der Waals surface area contributed by atoms with Crippen molar-refractivity contribution in [1.82, 2.24) is 5.32 Å². The topological polar surface area (TPSA) is 56.8 Å². The lowest BCUT2D eigenvalue weighted by Crippen LogP contribution is -2.26. The lowest BCUT2D eigenvalue weighted by molar-refractivity contribution is 0.0273. The van der Waals surface area contributed by atoms with E-state index in [1.807, 2.05) is 12.1 Å². The highest BCUT2D eigenvalue weighted by Crippen LogP contribution is 2.20. The molecule has 1 saturated carbocycles. The number of nitrogens with one attached hydrogen (secondary N) is 1. The third kappa shape index (κ3) is 6.29. The summed E-state index contributed by atoms with van der Waals surface area (Å²) in [7, 11) is 0. The summed E-state index contributed by atoms with van der Waals surface area (Å²) in [6.45, 7) is 2.77. The highest BCUT2D eigenvalue weighted by atomic mass is 16.5. The van der Waals surface area contributed by atoms with Crippen molar-refractivity contribution in [2.75, 3.05) is 26.4 Å². The van der Waals surface area contributed by atoms with E-state index in [0.717, 1.165) is 38.2 Å². The minimum atomic E-state index is -0.0478. The Morgan fingerprint density at radius 2 is 1.88 bits per heavy atom. The predicted octanol–water partition coefficient (Wildman–Crippen LogP) is 3.71. The summed E-state index contributed by atoms with van der Waals surface area (Å²) in [4.78, 5) is 12.2. The van der Waals surface area contributed by atoms with Gasteiger partial charge in [-0.15, -0.1) is 0 Å². The molecule has 3 rings (SSSR count). The second-order valence-electron chi connectivity index (χ2n) is 7.21. The summed E-state index contributed by atoms with van der Waals surface area (Å²) in [5, 5.41) is 2.95. The molecular weight excluding hydrogens is 330 g/mol. The molecule has 2 fully saturated rings. The van der Waals surface area contributed by atoms with Gasteiger partial charge in [-0.2, -0.15) is 0 Å². The summed E-state index contributed by atoms with van der Waals surface area (Å²) in [6, 6.07) is 7.30. The first-order valence-corrected chi connectivity index (χ1v) is 10.1. The van der Waals surface area contributed by atoms with Crippen molar-refractivity contribution in [1.29, 1.82) is 0 Å². The van der Waals surface area contributed by atoms with Gasteiger partial charge in [-0.25, -0.2) is 0 Å². The van der Waals surface area contributed by atoms with Crippen LogP contribution in [-0.4, -0.2) is 44.5 Å². The summed E-state index contributed by atoms with van der Waals surface area (Å²) >= 11 is 0. The Morgan fingerprint density at radius 3 is 2.62 bits per heavy atom. The molecule has 5 nitrogen and oxygen atoms in total. The first-order valence-electron chi connectivity index (χ1n) is 10.1. The Morgan fingerprint density at radius 1 is 1.08 bits per heavy atom. The standard InChI is InChI=1S/C21H31NO4/c23-21(22-13-5-15-24-18-6-2-1-3-7-18)17-9-11-19(12-10-17)26-16-20-8-4-14-25-20/h9-12,18,20H,1-8,13-16H2,(H,22,23). The van der Waals surface area contributed by atoms with Crippen molar-refractivity contribution in [3.05, 3.63) is 29.8 Å². The molecule has 1 atom stereocenters. The first-order chi connectivity index (χ1) is 12.8. The molecule has 5 heteroatoms. The molecule has 1 heterocycles. The van der Waals surface area contributed by atoms with Crippen LogP contribution in [0.25, 0.3) is 0 Å². The quantitative estimate of drug-likeness (QED) is 0.681. The lowest BCUT2D eigenvalue weighted by atomic mass is 9.98. The lowest BCUT2D eigenvalue weighted by Gasteiger charge is -2.21. The molecule has 0 aromatic heterocycles. The average Bonchev–Trinajstić information content (AvgIpc) is 3.21. The zero-order valence-corrected chi connectivity index (χ0v) is 15.6. The number of hydrogen-bond donors (Lipinski definition) is 1. The molecule has 0 spiro atoms. The maximum atomic E-state index is 12.2. The fourth-order valence-electron chi connectivity index (χ4n) is 3.53. The summed E-state index contributed by atoms with van der Waals surface area (Å²) in [5.41, 5.74) is 0.655. The molecule has 1 unspecified atom stereocenters. The molecule has 1 aromatic carbocycles. The normalized spacial score (nSPS) is 20.8. The molecule has 0 radical (unpaired) electrons. The largest absolute Gasteiger partial charge is 0.491 e. The number of amides is 1. The van der Waals surface area contributed by atoms with Crippen molar-refractivity contribution < 1.29 is 19.0 Å². The van der Waals surface area contributed by atoms with Crippen LogP contribution in [0.2, 0.25) is 0 Å². The molecule has 144 valence electrons. The van der Waals surface area contributed by atoms with Gasteiger partial charge >= 0.3 is 0 Å². The summed E-state index contributed by atoms with van der Waals surface area (Å²) in [5.74, 6) is 0.728. The van der Waals surface area contributed by atoms with Crippen molar-refractivity contribution >= 4 is 5.91 Å². The molecule has 1 aliphatic heterocycles. The van der Waals surface area contributed by atoms with Crippen LogP contribution in [0.4, 0.5) is 0 Å². The van der Waals surface area contributed by atoms with E-state index < -0.39 is 0 Å². The van der Waals surface area contributed by atoms with Crippen LogP contribution in [-0.2, 0) is 9.47 Å². The van der Waals surface area contributed by atoms with Gasteiger partial charge in [0.15, 0.2) is 0 Å². The van der Waals surface area contributed by atoms with E-state index in [4.69, 9.17) is 14.2 Å². The Labute approximate surface area is 156 Å². The highest BCUT2D eigenvalue weighted by Gasteiger charge is 2.16. The number of rotatable bonds is 9. The van der Waals surface area contributed by atoms with Crippen molar-refractivity contribution in [3.8, 4) is 5.75 Å². The van der Waals surface area contributed by atoms with Crippen LogP contribution < -0.4 is 10.1 Å². The van der Waals surface area contributed by atoms with Crippen LogP contribution in [0.5, 0.6) is 5.75 Å². The second kappa shape index (κ2) is 10.5. The van der Waals surface area contributed by atoms with E-state index in [0.29, 0.717) is 24.8 Å². The Kier molecular flexibility index (Phi) is 7.77. The van der Waals surface area contributed by atoms with Gasteiger partial charge in [-0.05, 0) is 56.4 Å². The van der Waals surface area contributed by atoms with Gasteiger partial charge in [0.1, 0.15) is 12.4 Å². The van der Waals surface area contributed by atoms with E-state index in [1.165, 1.54) is 32.1 Å². The molecule has 1 N–H and O–H groups in total. The Balaban J connectivity index is 1.29.